The molecule has 2 rings (SSSR count). The number of nitrogens with zero attached hydrogens (tertiary/aromatic N) is 2. The predicted molar refractivity (Wildman–Crippen MR) is 61.8 cm³/mol. The number of rotatable bonds is 2. The van der Waals surface area contributed by atoms with Gasteiger partial charge >= 0.3 is 0 Å². The molecule has 0 fully saturated rings. The van der Waals surface area contributed by atoms with Crippen LogP contribution in [0.4, 0.5) is 11.4 Å². The standard InChI is InChI=1S/C10H7Cl2N3/c11-9-6-8(10(12)15-14-9)13-7-4-2-1-3-5-7/h1-6H,(H,13,14). The molecule has 0 aliphatic rings. The maximum absolute atomic E-state index is 5.85. The molecule has 0 saturated heterocycles. The molecule has 0 spiro atoms. The number of anilines is 2. The molecule has 5 heteroatoms. The number of para-hydroxylation sites is 1. The number of aromatic nitrogens is 2. The number of hydrogen-bond acceptors (Lipinski definition) is 3. The van der Waals surface area contributed by atoms with Crippen molar-refractivity contribution in [2.75, 3.05) is 5.32 Å². The van der Waals surface area contributed by atoms with Crippen molar-refractivity contribution < 1.29 is 0 Å². The van der Waals surface area contributed by atoms with E-state index in [9.17, 15) is 0 Å². The lowest BCUT2D eigenvalue weighted by atomic mass is 10.3. The van der Waals surface area contributed by atoms with Crippen LogP contribution in [0.3, 0.4) is 0 Å². The molecule has 1 N–H and O–H groups in total. The second-order valence-electron chi connectivity index (χ2n) is 2.86. The lowest BCUT2D eigenvalue weighted by Crippen LogP contribution is -1.94. The Hall–Kier alpha value is -1.32. The van der Waals surface area contributed by atoms with Crippen molar-refractivity contribution in [2.24, 2.45) is 0 Å². The molecule has 0 bridgehead atoms. The van der Waals surface area contributed by atoms with E-state index in [1.807, 2.05) is 30.3 Å². The third-order valence-corrected chi connectivity index (χ3v) is 2.24. The largest absolute Gasteiger partial charge is 0.353 e. The number of nitrogens with one attached hydrogen (secondary N) is 1. The average Bonchev–Trinajstić information content (AvgIpc) is 2.25. The Balaban J connectivity index is 2.28. The Morgan fingerprint density at radius 2 is 1.73 bits per heavy atom. The summed E-state index contributed by atoms with van der Waals surface area (Å²) in [5.41, 5.74) is 1.56. The summed E-state index contributed by atoms with van der Waals surface area (Å²) >= 11 is 11.6. The fraction of sp³-hybridized carbons (Fsp3) is 0. The highest BCUT2D eigenvalue weighted by Crippen LogP contribution is 2.24. The molecule has 0 unspecified atom stereocenters. The van der Waals surface area contributed by atoms with Crippen molar-refractivity contribution in [1.82, 2.24) is 10.2 Å². The minimum atomic E-state index is 0.295. The van der Waals surface area contributed by atoms with Gasteiger partial charge in [-0.2, -0.15) is 0 Å². The van der Waals surface area contributed by atoms with Crippen molar-refractivity contribution in [3.63, 3.8) is 0 Å². The van der Waals surface area contributed by atoms with Gasteiger partial charge in [-0.1, -0.05) is 41.4 Å². The Labute approximate surface area is 97.1 Å². The monoisotopic (exact) mass is 239 g/mol. The van der Waals surface area contributed by atoms with Crippen LogP contribution in [-0.4, -0.2) is 10.2 Å². The summed E-state index contributed by atoms with van der Waals surface area (Å²) in [5, 5.41) is 11.0. The van der Waals surface area contributed by atoms with Gasteiger partial charge in [-0.25, -0.2) is 0 Å². The van der Waals surface area contributed by atoms with Crippen molar-refractivity contribution >= 4 is 34.6 Å². The van der Waals surface area contributed by atoms with Gasteiger partial charge in [-0.05, 0) is 12.1 Å². The highest BCUT2D eigenvalue weighted by molar-refractivity contribution is 6.33. The van der Waals surface area contributed by atoms with Crippen molar-refractivity contribution in [1.29, 1.82) is 0 Å². The van der Waals surface area contributed by atoms with Gasteiger partial charge < -0.3 is 5.32 Å². The van der Waals surface area contributed by atoms with Gasteiger partial charge in [0, 0.05) is 11.8 Å². The van der Waals surface area contributed by atoms with E-state index in [0.717, 1.165) is 5.69 Å². The van der Waals surface area contributed by atoms with Crippen molar-refractivity contribution in [3.8, 4) is 0 Å². The molecule has 0 aliphatic heterocycles. The molecule has 1 aromatic heterocycles. The predicted octanol–water partition coefficient (Wildman–Crippen LogP) is 3.53. The number of hydrogen-bond donors (Lipinski definition) is 1. The number of halogens is 2. The van der Waals surface area contributed by atoms with Gasteiger partial charge in [0.25, 0.3) is 0 Å². The fourth-order valence-corrected chi connectivity index (χ4v) is 1.40. The van der Waals surface area contributed by atoms with E-state index in [0.29, 0.717) is 16.0 Å². The fourth-order valence-electron chi connectivity index (χ4n) is 1.12. The van der Waals surface area contributed by atoms with E-state index in [1.165, 1.54) is 0 Å². The first-order chi connectivity index (χ1) is 7.25. The van der Waals surface area contributed by atoms with Crippen LogP contribution in [0, 0.1) is 0 Å². The summed E-state index contributed by atoms with van der Waals surface area (Å²) in [5.74, 6) is 0. The summed E-state index contributed by atoms with van der Waals surface area (Å²) < 4.78 is 0. The topological polar surface area (TPSA) is 37.8 Å². The van der Waals surface area contributed by atoms with E-state index >= 15 is 0 Å². The lowest BCUT2D eigenvalue weighted by molar-refractivity contribution is 1.03. The Kier molecular flexibility index (Phi) is 3.04. The first-order valence-electron chi connectivity index (χ1n) is 4.26. The minimum Gasteiger partial charge on any atom is -0.353 e. The maximum atomic E-state index is 5.85. The van der Waals surface area contributed by atoms with E-state index in [2.05, 4.69) is 15.5 Å². The molecule has 15 heavy (non-hydrogen) atoms. The number of benzene rings is 1. The van der Waals surface area contributed by atoms with Crippen LogP contribution in [0.5, 0.6) is 0 Å². The van der Waals surface area contributed by atoms with Crippen LogP contribution in [0.2, 0.25) is 10.3 Å². The van der Waals surface area contributed by atoms with Gasteiger partial charge in [0.15, 0.2) is 10.3 Å². The van der Waals surface area contributed by atoms with Gasteiger partial charge in [0.2, 0.25) is 0 Å². The van der Waals surface area contributed by atoms with Crippen LogP contribution in [-0.2, 0) is 0 Å². The molecule has 0 amide bonds. The third kappa shape index (κ3) is 2.58. The van der Waals surface area contributed by atoms with Crippen LogP contribution in [0.25, 0.3) is 0 Å². The lowest BCUT2D eigenvalue weighted by Gasteiger charge is -2.06. The summed E-state index contributed by atoms with van der Waals surface area (Å²) in [6.07, 6.45) is 0. The molecule has 0 atom stereocenters. The highest BCUT2D eigenvalue weighted by Gasteiger charge is 2.03. The zero-order valence-electron chi connectivity index (χ0n) is 7.61. The zero-order chi connectivity index (χ0) is 10.7. The van der Waals surface area contributed by atoms with E-state index in [-0.39, 0.29) is 0 Å². The summed E-state index contributed by atoms with van der Waals surface area (Å²) in [4.78, 5) is 0. The molecule has 2 aromatic rings. The van der Waals surface area contributed by atoms with E-state index < -0.39 is 0 Å². The molecule has 1 aromatic carbocycles. The molecule has 3 nitrogen and oxygen atoms in total. The van der Waals surface area contributed by atoms with Crippen LogP contribution in [0.15, 0.2) is 36.4 Å². The molecule has 0 radical (unpaired) electrons. The molecule has 0 aliphatic carbocycles. The summed E-state index contributed by atoms with van der Waals surface area (Å²) in [6, 6.07) is 11.3. The Morgan fingerprint density at radius 1 is 1.00 bits per heavy atom. The molecular formula is C10H7Cl2N3. The summed E-state index contributed by atoms with van der Waals surface area (Å²) in [7, 11) is 0. The van der Waals surface area contributed by atoms with Gasteiger partial charge in [0.1, 0.15) is 0 Å². The minimum absolute atomic E-state index is 0.295. The SMILES string of the molecule is Clc1cc(Nc2ccccc2)c(Cl)nn1. The van der Waals surface area contributed by atoms with Gasteiger partial charge in [-0.15, -0.1) is 10.2 Å². The maximum Gasteiger partial charge on any atom is 0.175 e. The van der Waals surface area contributed by atoms with Crippen LogP contribution in [0.1, 0.15) is 0 Å². The zero-order valence-corrected chi connectivity index (χ0v) is 9.13. The second-order valence-corrected chi connectivity index (χ2v) is 3.61. The highest BCUT2D eigenvalue weighted by atomic mass is 35.5. The Bertz CT molecular complexity index is 459. The molecular weight excluding hydrogens is 233 g/mol. The normalized spacial score (nSPS) is 10.0. The first kappa shape index (κ1) is 10.2. The van der Waals surface area contributed by atoms with E-state index in [4.69, 9.17) is 23.2 Å². The third-order valence-electron chi connectivity index (χ3n) is 1.77. The van der Waals surface area contributed by atoms with Gasteiger partial charge in [-0.3, -0.25) is 0 Å². The van der Waals surface area contributed by atoms with Crippen molar-refractivity contribution in [3.05, 3.63) is 46.7 Å². The smallest absolute Gasteiger partial charge is 0.175 e. The summed E-state index contributed by atoms with van der Waals surface area (Å²) in [6.45, 7) is 0. The molecule has 1 heterocycles. The van der Waals surface area contributed by atoms with Crippen molar-refractivity contribution in [2.45, 2.75) is 0 Å². The molecule has 76 valence electrons. The second kappa shape index (κ2) is 4.47. The van der Waals surface area contributed by atoms with Crippen LogP contribution >= 0.6 is 23.2 Å². The van der Waals surface area contributed by atoms with Crippen LogP contribution < -0.4 is 5.32 Å². The molecule has 0 saturated carbocycles. The van der Waals surface area contributed by atoms with E-state index in [1.54, 1.807) is 6.07 Å². The van der Waals surface area contributed by atoms with Gasteiger partial charge in [0.05, 0.1) is 5.69 Å². The first-order valence-corrected chi connectivity index (χ1v) is 5.02. The average molecular weight is 240 g/mol. The Morgan fingerprint density at radius 3 is 2.47 bits per heavy atom. The quantitative estimate of drug-likeness (QED) is 0.872.